The number of methoxy groups -OCH3 is 3. The maximum absolute atomic E-state index is 12.7. The molecule has 2 aliphatic rings. The molecule has 3 rings (SSSR count). The summed E-state index contributed by atoms with van der Waals surface area (Å²) in [5.74, 6) is 1.06. The molecule has 1 aliphatic heterocycles. The van der Waals surface area contributed by atoms with Crippen LogP contribution in [0.5, 0.6) is 17.2 Å². The van der Waals surface area contributed by atoms with Gasteiger partial charge in [0.25, 0.3) is 0 Å². The molecule has 0 saturated carbocycles. The third-order valence-corrected chi connectivity index (χ3v) is 4.94. The van der Waals surface area contributed by atoms with Crippen LogP contribution in [0.4, 0.5) is 0 Å². The van der Waals surface area contributed by atoms with Crippen LogP contribution >= 0.6 is 0 Å². The molecule has 6 heteroatoms. The molecule has 1 atom stereocenters. The Hall–Kier alpha value is -2.94. The molecule has 1 heterocycles. The number of hydrogen-bond acceptors (Lipinski definition) is 6. The summed E-state index contributed by atoms with van der Waals surface area (Å²) in [7, 11) is 4.63. The Labute approximate surface area is 153 Å². The number of nitrogens with zero attached hydrogens (tertiary/aromatic N) is 1. The van der Waals surface area contributed by atoms with Gasteiger partial charge in [0, 0.05) is 29.0 Å². The third-order valence-electron chi connectivity index (χ3n) is 4.94. The maximum atomic E-state index is 12.7. The minimum atomic E-state index is -0.473. The summed E-state index contributed by atoms with van der Waals surface area (Å²) in [6.07, 6.45) is 2.10. The zero-order valence-electron chi connectivity index (χ0n) is 15.4. The summed E-state index contributed by atoms with van der Waals surface area (Å²) in [4.78, 5) is 12.7. The Balaban J connectivity index is 2.28. The van der Waals surface area contributed by atoms with Crippen molar-refractivity contribution >= 4 is 5.78 Å². The van der Waals surface area contributed by atoms with E-state index in [0.29, 0.717) is 34.8 Å². The molecular formula is C20H22N2O4. The molecule has 0 spiro atoms. The number of hydrogen-bond donors (Lipinski definition) is 1. The van der Waals surface area contributed by atoms with Crippen LogP contribution in [0.3, 0.4) is 0 Å². The highest BCUT2D eigenvalue weighted by molar-refractivity contribution is 6.00. The van der Waals surface area contributed by atoms with Gasteiger partial charge in [-0.1, -0.05) is 6.07 Å². The van der Waals surface area contributed by atoms with E-state index >= 15 is 0 Å². The molecule has 136 valence electrons. The molecule has 0 bridgehead atoms. The second kappa shape index (κ2) is 7.12. The number of benzene rings is 1. The molecule has 0 saturated heterocycles. The van der Waals surface area contributed by atoms with E-state index in [1.54, 1.807) is 20.3 Å². The predicted octanol–water partition coefficient (Wildman–Crippen LogP) is 3.20. The monoisotopic (exact) mass is 354 g/mol. The summed E-state index contributed by atoms with van der Waals surface area (Å²) >= 11 is 0. The second-order valence-corrected chi connectivity index (χ2v) is 6.30. The van der Waals surface area contributed by atoms with Crippen LogP contribution < -0.4 is 19.5 Å². The van der Waals surface area contributed by atoms with Gasteiger partial charge in [-0.2, -0.15) is 5.26 Å². The highest BCUT2D eigenvalue weighted by Crippen LogP contribution is 2.49. The minimum Gasteiger partial charge on any atom is -0.493 e. The lowest BCUT2D eigenvalue weighted by molar-refractivity contribution is -0.116. The van der Waals surface area contributed by atoms with E-state index in [1.807, 2.05) is 13.0 Å². The van der Waals surface area contributed by atoms with Crippen molar-refractivity contribution in [2.75, 3.05) is 21.3 Å². The van der Waals surface area contributed by atoms with Crippen LogP contribution in [0.2, 0.25) is 0 Å². The van der Waals surface area contributed by atoms with Crippen molar-refractivity contribution in [1.82, 2.24) is 5.32 Å². The lowest BCUT2D eigenvalue weighted by atomic mass is 9.75. The Bertz CT molecular complexity index is 861. The van der Waals surface area contributed by atoms with Crippen molar-refractivity contribution in [3.8, 4) is 23.3 Å². The van der Waals surface area contributed by atoms with Crippen LogP contribution in [-0.2, 0) is 4.79 Å². The largest absolute Gasteiger partial charge is 0.493 e. The molecule has 0 fully saturated rings. The van der Waals surface area contributed by atoms with Crippen molar-refractivity contribution < 1.29 is 19.0 Å². The smallest absolute Gasteiger partial charge is 0.203 e. The molecule has 0 amide bonds. The molecule has 26 heavy (non-hydrogen) atoms. The zero-order valence-corrected chi connectivity index (χ0v) is 15.4. The first-order valence-electron chi connectivity index (χ1n) is 8.50. The fraction of sp³-hybridized carbons (Fsp3) is 0.400. The van der Waals surface area contributed by atoms with Crippen LogP contribution in [0.25, 0.3) is 0 Å². The van der Waals surface area contributed by atoms with E-state index in [2.05, 4.69) is 11.4 Å². The van der Waals surface area contributed by atoms with Gasteiger partial charge >= 0.3 is 0 Å². The van der Waals surface area contributed by atoms with Crippen molar-refractivity contribution in [2.45, 2.75) is 32.1 Å². The van der Waals surface area contributed by atoms with Crippen molar-refractivity contribution in [2.24, 2.45) is 0 Å². The zero-order chi connectivity index (χ0) is 18.8. The van der Waals surface area contributed by atoms with E-state index in [0.717, 1.165) is 29.8 Å². The summed E-state index contributed by atoms with van der Waals surface area (Å²) in [6.45, 7) is 1.86. The van der Waals surface area contributed by atoms with Gasteiger partial charge in [0.2, 0.25) is 5.75 Å². The van der Waals surface area contributed by atoms with Crippen molar-refractivity contribution in [3.05, 3.63) is 40.2 Å². The standard InChI is InChI=1S/C20H22N2O4/c1-11-13(10-21)17(18-14(22-11)6-5-7-15(18)23)12-8-9-16(24-2)20(26-4)19(12)25-3/h8-9,17,22H,5-7H2,1-4H3/t17-/m0/s1. The SMILES string of the molecule is COc1ccc([C@H]2C(C#N)=C(C)NC3=C2C(=O)CCC3)c(OC)c1OC. The van der Waals surface area contributed by atoms with E-state index in [4.69, 9.17) is 14.2 Å². The molecule has 0 radical (unpaired) electrons. The van der Waals surface area contributed by atoms with Gasteiger partial charge in [-0.15, -0.1) is 0 Å². The van der Waals surface area contributed by atoms with Gasteiger partial charge in [0.05, 0.1) is 38.9 Å². The molecule has 1 aromatic rings. The Morgan fingerprint density at radius 3 is 2.46 bits per heavy atom. The first kappa shape index (κ1) is 17.9. The number of rotatable bonds is 4. The fourth-order valence-corrected chi connectivity index (χ4v) is 3.79. The number of carbonyl (C=O) groups is 1. The third kappa shape index (κ3) is 2.70. The number of dihydropyridines is 1. The lowest BCUT2D eigenvalue weighted by Gasteiger charge is -2.33. The van der Waals surface area contributed by atoms with E-state index in [-0.39, 0.29) is 5.78 Å². The number of ketones is 1. The number of nitriles is 1. The van der Waals surface area contributed by atoms with Crippen LogP contribution in [0, 0.1) is 11.3 Å². The molecule has 6 nitrogen and oxygen atoms in total. The number of carbonyl (C=O) groups excluding carboxylic acids is 1. The fourth-order valence-electron chi connectivity index (χ4n) is 3.79. The number of allylic oxidation sites excluding steroid dienone is 4. The Kier molecular flexibility index (Phi) is 4.90. The normalized spacial score (nSPS) is 19.5. The number of Topliss-reactive ketones (excluding diaryl/α,β-unsaturated/α-hetero) is 1. The van der Waals surface area contributed by atoms with Crippen molar-refractivity contribution in [1.29, 1.82) is 5.26 Å². The summed E-state index contributed by atoms with van der Waals surface area (Å²) < 4.78 is 16.4. The quantitative estimate of drug-likeness (QED) is 0.894. The van der Waals surface area contributed by atoms with Gasteiger partial charge in [0.15, 0.2) is 17.3 Å². The first-order chi connectivity index (χ1) is 12.6. The summed E-state index contributed by atoms with van der Waals surface area (Å²) in [5.41, 5.74) is 3.57. The van der Waals surface area contributed by atoms with Gasteiger partial charge in [-0.3, -0.25) is 4.79 Å². The Morgan fingerprint density at radius 1 is 1.12 bits per heavy atom. The first-order valence-corrected chi connectivity index (χ1v) is 8.50. The van der Waals surface area contributed by atoms with Crippen LogP contribution in [0.1, 0.15) is 37.7 Å². The van der Waals surface area contributed by atoms with Crippen molar-refractivity contribution in [3.63, 3.8) is 0 Å². The molecule has 0 aromatic heterocycles. The van der Waals surface area contributed by atoms with E-state index < -0.39 is 5.92 Å². The molecule has 1 aromatic carbocycles. The van der Waals surface area contributed by atoms with Gasteiger partial charge in [-0.25, -0.2) is 0 Å². The maximum Gasteiger partial charge on any atom is 0.203 e. The molecular weight excluding hydrogens is 332 g/mol. The summed E-state index contributed by atoms with van der Waals surface area (Å²) in [6, 6.07) is 5.89. The second-order valence-electron chi connectivity index (χ2n) is 6.30. The molecule has 1 aliphatic carbocycles. The minimum absolute atomic E-state index is 0.0702. The van der Waals surface area contributed by atoms with E-state index in [9.17, 15) is 10.1 Å². The van der Waals surface area contributed by atoms with Gasteiger partial charge < -0.3 is 19.5 Å². The van der Waals surface area contributed by atoms with Gasteiger partial charge in [-0.05, 0) is 25.8 Å². The van der Waals surface area contributed by atoms with Gasteiger partial charge in [0.1, 0.15) is 0 Å². The lowest BCUT2D eigenvalue weighted by Crippen LogP contribution is -2.31. The topological polar surface area (TPSA) is 80.6 Å². The van der Waals surface area contributed by atoms with E-state index in [1.165, 1.54) is 7.11 Å². The average Bonchev–Trinajstić information content (AvgIpc) is 2.65. The Morgan fingerprint density at radius 2 is 1.85 bits per heavy atom. The van der Waals surface area contributed by atoms with Crippen LogP contribution in [0.15, 0.2) is 34.7 Å². The number of nitrogens with one attached hydrogen (secondary N) is 1. The molecule has 0 unspecified atom stereocenters. The average molecular weight is 354 g/mol. The molecule has 1 N–H and O–H groups in total. The number of ether oxygens (including phenoxy) is 3. The predicted molar refractivity (Wildman–Crippen MR) is 96.2 cm³/mol. The van der Waals surface area contributed by atoms with Crippen LogP contribution in [-0.4, -0.2) is 27.1 Å². The summed E-state index contributed by atoms with van der Waals surface area (Å²) in [5, 5.41) is 13.0. The highest BCUT2D eigenvalue weighted by Gasteiger charge is 2.38. The highest BCUT2D eigenvalue weighted by atomic mass is 16.5.